The molecule has 0 saturated heterocycles. The monoisotopic (exact) mass is 281 g/mol. The lowest BCUT2D eigenvalue weighted by atomic mass is 10.3. The Balaban J connectivity index is 2.94. The zero-order valence-electron chi connectivity index (χ0n) is 8.18. The summed E-state index contributed by atoms with van der Waals surface area (Å²) in [6, 6.07) is 6.11. The van der Waals surface area contributed by atoms with Crippen LogP contribution < -0.4 is 4.90 Å². The Hall–Kier alpha value is -0.710. The maximum atomic E-state index is 12.6. The molecular formula is C10H11BrF3N. The van der Waals surface area contributed by atoms with Crippen molar-refractivity contribution in [1.29, 1.82) is 0 Å². The highest BCUT2D eigenvalue weighted by Crippen LogP contribution is 2.29. The van der Waals surface area contributed by atoms with E-state index in [9.17, 15) is 13.2 Å². The number of hydrogen-bond donors (Lipinski definition) is 0. The lowest BCUT2D eigenvalue weighted by molar-refractivity contribution is -0.129. The van der Waals surface area contributed by atoms with Crippen molar-refractivity contribution < 1.29 is 13.2 Å². The van der Waals surface area contributed by atoms with Gasteiger partial charge in [0.2, 0.25) is 0 Å². The van der Waals surface area contributed by atoms with Crippen LogP contribution in [-0.2, 0) is 0 Å². The predicted octanol–water partition coefficient (Wildman–Crippen LogP) is 4.19. The summed E-state index contributed by atoms with van der Waals surface area (Å²) in [5.41, 5.74) is 0.174. The Morgan fingerprint density at radius 3 is 2.13 bits per heavy atom. The average Bonchev–Trinajstić information content (AvgIpc) is 2.14. The Bertz CT molecular complexity index is 307. The topological polar surface area (TPSA) is 3.24 Å². The first kappa shape index (κ1) is 12.4. The van der Waals surface area contributed by atoms with E-state index in [4.69, 9.17) is 0 Å². The number of anilines is 1. The Morgan fingerprint density at radius 1 is 1.20 bits per heavy atom. The van der Waals surface area contributed by atoms with Crippen LogP contribution in [-0.4, -0.2) is 12.8 Å². The van der Waals surface area contributed by atoms with Crippen molar-refractivity contribution in [1.82, 2.24) is 0 Å². The number of benzene rings is 1. The zero-order valence-corrected chi connectivity index (χ0v) is 9.77. The minimum atomic E-state index is -4.32. The molecule has 0 radical (unpaired) electrons. The molecule has 0 fully saturated rings. The summed E-state index contributed by atoms with van der Waals surface area (Å²) in [5, 5.41) is 0. The van der Waals surface area contributed by atoms with Gasteiger partial charge in [-0.1, -0.05) is 22.9 Å². The second kappa shape index (κ2) is 4.88. The van der Waals surface area contributed by atoms with Gasteiger partial charge < -0.3 is 0 Å². The van der Waals surface area contributed by atoms with Gasteiger partial charge in [-0.2, -0.15) is 13.2 Å². The van der Waals surface area contributed by atoms with Crippen molar-refractivity contribution in [3.63, 3.8) is 0 Å². The zero-order chi connectivity index (χ0) is 11.5. The van der Waals surface area contributed by atoms with Gasteiger partial charge in [-0.05, 0) is 30.7 Å². The Labute approximate surface area is 95.0 Å². The molecule has 1 aromatic rings. The number of rotatable bonds is 3. The van der Waals surface area contributed by atoms with E-state index in [2.05, 4.69) is 15.9 Å². The second-order valence-electron chi connectivity index (χ2n) is 3.10. The van der Waals surface area contributed by atoms with Crippen LogP contribution in [0.2, 0.25) is 0 Å². The highest BCUT2D eigenvalue weighted by molar-refractivity contribution is 9.10. The fourth-order valence-corrected chi connectivity index (χ4v) is 1.51. The van der Waals surface area contributed by atoms with Crippen molar-refractivity contribution in [3.8, 4) is 0 Å². The van der Waals surface area contributed by atoms with Crippen LogP contribution in [0.3, 0.4) is 0 Å². The van der Waals surface area contributed by atoms with E-state index in [1.54, 1.807) is 19.1 Å². The van der Waals surface area contributed by atoms with Crippen LogP contribution in [0, 0.1) is 0 Å². The summed E-state index contributed by atoms with van der Waals surface area (Å²) in [5.74, 6) is 0. The van der Waals surface area contributed by atoms with Gasteiger partial charge in [0.05, 0.1) is 0 Å². The largest absolute Gasteiger partial charge is 0.484 e. The molecule has 0 aliphatic rings. The molecular weight excluding hydrogens is 271 g/mol. The molecule has 0 N–H and O–H groups in total. The normalized spacial score (nSPS) is 11.5. The third kappa shape index (κ3) is 3.41. The second-order valence-corrected chi connectivity index (χ2v) is 4.01. The quantitative estimate of drug-likeness (QED) is 0.751. The van der Waals surface area contributed by atoms with Crippen molar-refractivity contribution in [2.45, 2.75) is 19.6 Å². The molecule has 1 aromatic carbocycles. The van der Waals surface area contributed by atoms with Crippen molar-refractivity contribution >= 4 is 21.6 Å². The minimum absolute atomic E-state index is 0.0227. The van der Waals surface area contributed by atoms with Crippen LogP contribution in [0.1, 0.15) is 13.3 Å². The third-order valence-electron chi connectivity index (χ3n) is 1.89. The minimum Gasteiger partial charge on any atom is -0.284 e. The molecule has 0 saturated carbocycles. The first-order valence-electron chi connectivity index (χ1n) is 4.55. The van der Waals surface area contributed by atoms with Crippen LogP contribution in [0.5, 0.6) is 0 Å². The highest BCUT2D eigenvalue weighted by atomic mass is 79.9. The lowest BCUT2D eigenvalue weighted by Crippen LogP contribution is -2.38. The van der Waals surface area contributed by atoms with E-state index in [1.807, 2.05) is 0 Å². The number of hydrogen-bond acceptors (Lipinski definition) is 1. The molecule has 1 nitrogen and oxygen atoms in total. The summed E-state index contributed by atoms with van der Waals surface area (Å²) in [7, 11) is 0. The molecule has 0 bridgehead atoms. The van der Waals surface area contributed by atoms with Crippen molar-refractivity contribution in [2.24, 2.45) is 0 Å². The Kier molecular flexibility index (Phi) is 4.02. The lowest BCUT2D eigenvalue weighted by Gasteiger charge is -2.26. The summed E-state index contributed by atoms with van der Waals surface area (Å²) in [6.45, 7) is 1.70. The molecule has 0 spiro atoms. The molecule has 1 rings (SSSR count). The molecule has 15 heavy (non-hydrogen) atoms. The summed E-state index contributed by atoms with van der Waals surface area (Å²) >= 11 is 3.18. The van der Waals surface area contributed by atoms with Gasteiger partial charge in [0.15, 0.2) is 0 Å². The van der Waals surface area contributed by atoms with E-state index in [0.29, 0.717) is 11.3 Å². The van der Waals surface area contributed by atoms with Gasteiger partial charge in [-0.25, -0.2) is 0 Å². The van der Waals surface area contributed by atoms with Gasteiger partial charge in [-0.15, -0.1) is 0 Å². The van der Waals surface area contributed by atoms with E-state index in [0.717, 1.165) is 4.47 Å². The van der Waals surface area contributed by atoms with Gasteiger partial charge in [0.1, 0.15) is 0 Å². The van der Waals surface area contributed by atoms with Crippen molar-refractivity contribution in [2.75, 3.05) is 11.4 Å². The third-order valence-corrected chi connectivity index (χ3v) is 2.42. The van der Waals surface area contributed by atoms with E-state index < -0.39 is 6.30 Å². The van der Waals surface area contributed by atoms with E-state index in [1.165, 1.54) is 12.1 Å². The molecule has 0 aliphatic carbocycles. The molecule has 0 aromatic heterocycles. The summed E-state index contributed by atoms with van der Waals surface area (Å²) in [4.78, 5) is 0.444. The van der Waals surface area contributed by atoms with Crippen LogP contribution in [0.25, 0.3) is 0 Å². The number of nitrogens with zero attached hydrogens (tertiary/aromatic N) is 1. The summed E-state index contributed by atoms with van der Waals surface area (Å²) in [6.07, 6.45) is -3.86. The number of alkyl halides is 3. The summed E-state index contributed by atoms with van der Waals surface area (Å²) < 4.78 is 38.6. The van der Waals surface area contributed by atoms with Crippen LogP contribution in [0.4, 0.5) is 18.9 Å². The molecule has 0 aliphatic heterocycles. The van der Waals surface area contributed by atoms with E-state index >= 15 is 0 Å². The molecule has 0 unspecified atom stereocenters. The van der Waals surface area contributed by atoms with Gasteiger partial charge in [0, 0.05) is 16.7 Å². The van der Waals surface area contributed by atoms with Gasteiger partial charge in [0.25, 0.3) is 0 Å². The molecule has 5 heteroatoms. The molecule has 0 amide bonds. The maximum absolute atomic E-state index is 12.6. The van der Waals surface area contributed by atoms with Crippen LogP contribution >= 0.6 is 15.9 Å². The number of halogens is 4. The fourth-order valence-electron chi connectivity index (χ4n) is 1.25. The smallest absolute Gasteiger partial charge is 0.284 e. The Morgan fingerprint density at radius 2 is 1.73 bits per heavy atom. The fraction of sp³-hybridized carbons (Fsp3) is 0.400. The SMILES string of the molecule is CCCN(c1ccc(Br)cc1)C(F)(F)F. The molecule has 0 heterocycles. The van der Waals surface area contributed by atoms with Gasteiger partial charge >= 0.3 is 6.30 Å². The molecule has 0 atom stereocenters. The predicted molar refractivity (Wildman–Crippen MR) is 57.8 cm³/mol. The van der Waals surface area contributed by atoms with Crippen molar-refractivity contribution in [3.05, 3.63) is 28.7 Å². The standard InChI is InChI=1S/C10H11BrF3N/c1-2-7-15(10(12,13)14)9-5-3-8(11)4-6-9/h3-6H,2,7H2,1H3. The first-order valence-corrected chi connectivity index (χ1v) is 5.34. The molecule has 84 valence electrons. The highest BCUT2D eigenvalue weighted by Gasteiger charge is 2.36. The average molecular weight is 282 g/mol. The first-order chi connectivity index (χ1) is 6.95. The van der Waals surface area contributed by atoms with E-state index in [-0.39, 0.29) is 12.2 Å². The maximum Gasteiger partial charge on any atom is 0.484 e. The van der Waals surface area contributed by atoms with Crippen LogP contribution in [0.15, 0.2) is 28.7 Å². The van der Waals surface area contributed by atoms with Gasteiger partial charge in [-0.3, -0.25) is 4.90 Å².